The van der Waals surface area contributed by atoms with Crippen molar-refractivity contribution in [3.8, 4) is 11.3 Å². The molecule has 4 aromatic rings. The van der Waals surface area contributed by atoms with E-state index in [0.29, 0.717) is 17.9 Å². The zero-order chi connectivity index (χ0) is 19.1. The molecule has 7 heteroatoms. The topological polar surface area (TPSA) is 50.8 Å². The average molecular weight is 383 g/mol. The SMILES string of the molecule is Cc1cn2c(CN(C)C(=O)c3ccc(-c4ccccc4F)o3)c(C)nc2s1. The van der Waals surface area contributed by atoms with Crippen molar-refractivity contribution < 1.29 is 13.6 Å². The molecule has 1 amide bonds. The normalized spacial score (nSPS) is 11.3. The van der Waals surface area contributed by atoms with Gasteiger partial charge in [-0.3, -0.25) is 9.20 Å². The van der Waals surface area contributed by atoms with E-state index >= 15 is 0 Å². The molecule has 0 N–H and O–H groups in total. The number of aromatic nitrogens is 2. The second-order valence-corrected chi connectivity index (χ2v) is 7.66. The standard InChI is InChI=1S/C20H18FN3O2S/c1-12-10-24-16(13(2)22-20(24)27-12)11-23(3)19(25)18-9-8-17(26-18)14-6-4-5-7-15(14)21/h4-10H,11H2,1-3H3. The number of benzene rings is 1. The van der Waals surface area contributed by atoms with E-state index < -0.39 is 0 Å². The minimum atomic E-state index is -0.385. The van der Waals surface area contributed by atoms with Crippen molar-refractivity contribution in [1.29, 1.82) is 0 Å². The minimum absolute atomic E-state index is 0.177. The van der Waals surface area contributed by atoms with Crippen molar-refractivity contribution >= 4 is 22.2 Å². The van der Waals surface area contributed by atoms with Crippen LogP contribution in [0.15, 0.2) is 47.0 Å². The van der Waals surface area contributed by atoms with E-state index in [4.69, 9.17) is 4.42 Å². The maximum atomic E-state index is 13.9. The highest BCUT2D eigenvalue weighted by Crippen LogP contribution is 2.26. The number of hydrogen-bond donors (Lipinski definition) is 0. The highest BCUT2D eigenvalue weighted by molar-refractivity contribution is 7.17. The fraction of sp³-hybridized carbons (Fsp3) is 0.200. The molecule has 0 aliphatic rings. The van der Waals surface area contributed by atoms with Gasteiger partial charge in [-0.05, 0) is 38.1 Å². The quantitative estimate of drug-likeness (QED) is 0.514. The van der Waals surface area contributed by atoms with Gasteiger partial charge in [0.05, 0.1) is 23.5 Å². The fourth-order valence-corrected chi connectivity index (χ4v) is 3.93. The van der Waals surface area contributed by atoms with E-state index in [1.165, 1.54) is 6.07 Å². The number of thiazole rings is 1. The van der Waals surface area contributed by atoms with Crippen molar-refractivity contribution in [1.82, 2.24) is 14.3 Å². The Balaban J connectivity index is 1.58. The van der Waals surface area contributed by atoms with Crippen LogP contribution in [0.25, 0.3) is 16.3 Å². The summed E-state index contributed by atoms with van der Waals surface area (Å²) in [6, 6.07) is 9.52. The van der Waals surface area contributed by atoms with Crippen LogP contribution in [0.2, 0.25) is 0 Å². The van der Waals surface area contributed by atoms with Gasteiger partial charge in [-0.15, -0.1) is 11.3 Å². The van der Waals surface area contributed by atoms with Gasteiger partial charge in [0.2, 0.25) is 0 Å². The Morgan fingerprint density at radius 1 is 1.26 bits per heavy atom. The number of carbonyl (C=O) groups excluding carboxylic acids is 1. The van der Waals surface area contributed by atoms with Crippen LogP contribution in [0.3, 0.4) is 0 Å². The fourth-order valence-electron chi connectivity index (χ4n) is 3.04. The lowest BCUT2D eigenvalue weighted by Gasteiger charge is -2.15. The van der Waals surface area contributed by atoms with Crippen LogP contribution in [-0.2, 0) is 6.54 Å². The predicted octanol–water partition coefficient (Wildman–Crippen LogP) is 4.68. The smallest absolute Gasteiger partial charge is 0.289 e. The first-order valence-corrected chi connectivity index (χ1v) is 9.30. The molecular formula is C20H18FN3O2S. The first-order valence-electron chi connectivity index (χ1n) is 8.48. The molecule has 0 aliphatic heterocycles. The summed E-state index contributed by atoms with van der Waals surface area (Å²) in [5, 5.41) is 0. The number of nitrogens with zero attached hydrogens (tertiary/aromatic N) is 3. The van der Waals surface area contributed by atoms with Crippen molar-refractivity contribution in [2.75, 3.05) is 7.05 Å². The van der Waals surface area contributed by atoms with Gasteiger partial charge in [0, 0.05) is 18.1 Å². The summed E-state index contributed by atoms with van der Waals surface area (Å²) >= 11 is 1.62. The van der Waals surface area contributed by atoms with Crippen molar-refractivity contribution in [2.45, 2.75) is 20.4 Å². The molecule has 0 unspecified atom stereocenters. The summed E-state index contributed by atoms with van der Waals surface area (Å²) in [6.45, 7) is 4.37. The molecule has 5 nitrogen and oxygen atoms in total. The predicted molar refractivity (Wildman–Crippen MR) is 102 cm³/mol. The second kappa shape index (κ2) is 6.66. The van der Waals surface area contributed by atoms with E-state index in [2.05, 4.69) is 4.98 Å². The molecule has 1 aromatic carbocycles. The lowest BCUT2D eigenvalue weighted by atomic mass is 10.1. The van der Waals surface area contributed by atoms with Gasteiger partial charge in [-0.1, -0.05) is 12.1 Å². The molecule has 3 heterocycles. The number of aryl methyl sites for hydroxylation is 2. The van der Waals surface area contributed by atoms with Gasteiger partial charge in [0.25, 0.3) is 5.91 Å². The number of hydrogen-bond acceptors (Lipinski definition) is 4. The molecule has 0 atom stereocenters. The first kappa shape index (κ1) is 17.5. The van der Waals surface area contributed by atoms with Crippen LogP contribution in [-0.4, -0.2) is 27.2 Å². The molecule has 27 heavy (non-hydrogen) atoms. The Bertz CT molecular complexity index is 1140. The van der Waals surface area contributed by atoms with Crippen molar-refractivity contribution in [3.05, 3.63) is 70.4 Å². The molecule has 0 bridgehead atoms. The maximum Gasteiger partial charge on any atom is 0.289 e. The minimum Gasteiger partial charge on any atom is -0.451 e. The number of carbonyl (C=O) groups is 1. The Morgan fingerprint density at radius 3 is 2.81 bits per heavy atom. The largest absolute Gasteiger partial charge is 0.451 e. The number of fused-ring (bicyclic) bond motifs is 1. The van der Waals surface area contributed by atoms with E-state index in [1.807, 2.05) is 24.4 Å². The molecule has 0 saturated heterocycles. The number of furan rings is 1. The zero-order valence-corrected chi connectivity index (χ0v) is 16.0. The maximum absolute atomic E-state index is 13.9. The summed E-state index contributed by atoms with van der Waals surface area (Å²) < 4.78 is 21.6. The van der Waals surface area contributed by atoms with Crippen LogP contribution < -0.4 is 0 Å². The number of rotatable bonds is 4. The van der Waals surface area contributed by atoms with Crippen LogP contribution in [0, 0.1) is 19.7 Å². The van der Waals surface area contributed by atoms with Gasteiger partial charge < -0.3 is 9.32 Å². The monoisotopic (exact) mass is 383 g/mol. The van der Waals surface area contributed by atoms with E-state index in [1.54, 1.807) is 53.6 Å². The van der Waals surface area contributed by atoms with Gasteiger partial charge in [0.1, 0.15) is 11.6 Å². The second-order valence-electron chi connectivity index (χ2n) is 6.44. The highest BCUT2D eigenvalue weighted by atomic mass is 32.1. The van der Waals surface area contributed by atoms with Gasteiger partial charge in [0.15, 0.2) is 10.7 Å². The molecule has 0 fully saturated rings. The molecular weight excluding hydrogens is 365 g/mol. The molecule has 0 aliphatic carbocycles. The molecule has 3 aromatic heterocycles. The summed E-state index contributed by atoms with van der Waals surface area (Å²) in [5.74, 6) is -0.139. The summed E-state index contributed by atoms with van der Waals surface area (Å²) in [6.07, 6.45) is 2.02. The lowest BCUT2D eigenvalue weighted by molar-refractivity contribution is 0.0752. The number of amides is 1. The first-order chi connectivity index (χ1) is 12.9. The number of imidazole rings is 1. The number of halogens is 1. The van der Waals surface area contributed by atoms with Crippen molar-refractivity contribution in [3.63, 3.8) is 0 Å². The molecule has 0 spiro atoms. The Morgan fingerprint density at radius 2 is 2.04 bits per heavy atom. The Kier molecular flexibility index (Phi) is 4.31. The average Bonchev–Trinajstić information content (AvgIpc) is 3.31. The summed E-state index contributed by atoms with van der Waals surface area (Å²) in [7, 11) is 1.71. The third-order valence-corrected chi connectivity index (χ3v) is 5.33. The Labute approximate surface area is 159 Å². The van der Waals surface area contributed by atoms with Gasteiger partial charge in [-0.25, -0.2) is 9.37 Å². The molecule has 4 rings (SSSR count). The van der Waals surface area contributed by atoms with E-state index in [9.17, 15) is 9.18 Å². The molecule has 0 saturated carbocycles. The Hall–Kier alpha value is -2.93. The zero-order valence-electron chi connectivity index (χ0n) is 15.2. The van der Waals surface area contributed by atoms with Crippen LogP contribution in [0.5, 0.6) is 0 Å². The third kappa shape index (κ3) is 3.14. The van der Waals surface area contributed by atoms with Crippen molar-refractivity contribution in [2.24, 2.45) is 0 Å². The summed E-state index contributed by atoms with van der Waals surface area (Å²) in [4.78, 5) is 21.0. The lowest BCUT2D eigenvalue weighted by Crippen LogP contribution is -2.26. The third-order valence-electron chi connectivity index (χ3n) is 4.43. The van der Waals surface area contributed by atoms with E-state index in [0.717, 1.165) is 21.2 Å². The van der Waals surface area contributed by atoms with Crippen LogP contribution >= 0.6 is 11.3 Å². The molecule has 0 radical (unpaired) electrons. The highest BCUT2D eigenvalue weighted by Gasteiger charge is 2.20. The van der Waals surface area contributed by atoms with Gasteiger partial charge in [-0.2, -0.15) is 0 Å². The molecule has 138 valence electrons. The van der Waals surface area contributed by atoms with Crippen LogP contribution in [0.1, 0.15) is 26.8 Å². The summed E-state index contributed by atoms with van der Waals surface area (Å²) in [5.41, 5.74) is 2.19. The van der Waals surface area contributed by atoms with Crippen LogP contribution in [0.4, 0.5) is 4.39 Å². The van der Waals surface area contributed by atoms with Gasteiger partial charge >= 0.3 is 0 Å². The van der Waals surface area contributed by atoms with E-state index in [-0.39, 0.29) is 17.5 Å².